The minimum atomic E-state index is -0.0109. The van der Waals surface area contributed by atoms with Crippen LogP contribution in [0.4, 0.5) is 5.69 Å². The Morgan fingerprint density at radius 1 is 1.50 bits per heavy atom. The van der Waals surface area contributed by atoms with Gasteiger partial charge in [0.1, 0.15) is 0 Å². The van der Waals surface area contributed by atoms with Crippen LogP contribution < -0.4 is 0 Å². The Morgan fingerprint density at radius 2 is 2.29 bits per heavy atom. The van der Waals surface area contributed by atoms with Gasteiger partial charge in [0.05, 0.1) is 15.4 Å². The van der Waals surface area contributed by atoms with Gasteiger partial charge in [-0.2, -0.15) is 0 Å². The lowest BCUT2D eigenvalue weighted by atomic mass is 10.3. The van der Waals surface area contributed by atoms with Crippen LogP contribution in [0.25, 0.3) is 0 Å². The summed E-state index contributed by atoms with van der Waals surface area (Å²) in [5.41, 5.74) is 3.06. The molecule has 0 saturated heterocycles. The molecule has 0 N–H and O–H groups in total. The first-order chi connectivity index (χ1) is 6.81. The van der Waals surface area contributed by atoms with E-state index in [-0.39, 0.29) is 10.5 Å². The van der Waals surface area contributed by atoms with E-state index in [0.717, 1.165) is 9.88 Å². The molecule has 0 saturated carbocycles. The predicted molar refractivity (Wildman–Crippen MR) is 72.6 cm³/mol. The van der Waals surface area contributed by atoms with Gasteiger partial charge in [-0.15, -0.1) is 22.2 Å². The maximum Gasteiger partial charge on any atom is 0.0770 e. The summed E-state index contributed by atoms with van der Waals surface area (Å²) in [4.78, 5) is 5.64. The van der Waals surface area contributed by atoms with E-state index in [0.29, 0.717) is 0 Å². The van der Waals surface area contributed by atoms with E-state index < -0.39 is 0 Å². The average Bonchev–Trinajstić information content (AvgIpc) is 2.62. The van der Waals surface area contributed by atoms with Crippen LogP contribution in [-0.4, -0.2) is 21.4 Å². The van der Waals surface area contributed by atoms with Crippen molar-refractivity contribution in [3.05, 3.63) is 24.3 Å². The summed E-state index contributed by atoms with van der Waals surface area (Å²) < 4.78 is 0.941. The quantitative estimate of drug-likeness (QED) is 0.696. The van der Waals surface area contributed by atoms with Crippen LogP contribution in [0.1, 0.15) is 0 Å². The molecule has 1 unspecified atom stereocenters. The zero-order valence-corrected chi connectivity index (χ0v) is 10.1. The first-order valence-electron chi connectivity index (χ1n) is 4.09. The fraction of sp³-hybridized carbons (Fsp3) is 0.100. The molecular formula is C10H9NS3. The van der Waals surface area contributed by atoms with E-state index in [1.54, 1.807) is 11.8 Å². The second kappa shape index (κ2) is 4.38. The Labute approximate surface area is 95.6 Å². The maximum atomic E-state index is 5.17. The molecule has 0 spiro atoms. The van der Waals surface area contributed by atoms with Crippen LogP contribution in [0, 0.1) is 0 Å². The Morgan fingerprint density at radius 3 is 3.07 bits per heavy atom. The maximum absolute atomic E-state index is 5.17. The van der Waals surface area contributed by atoms with E-state index >= 15 is 0 Å². The highest BCUT2D eigenvalue weighted by Crippen LogP contribution is 2.38. The van der Waals surface area contributed by atoms with E-state index in [4.69, 9.17) is 12.2 Å². The van der Waals surface area contributed by atoms with Crippen molar-refractivity contribution in [2.24, 2.45) is 4.99 Å². The zero-order chi connectivity index (χ0) is 9.97. The predicted octanol–water partition coefficient (Wildman–Crippen LogP) is 3.48. The summed E-state index contributed by atoms with van der Waals surface area (Å²) >= 11 is 6.78. The number of hydrogen-bond acceptors (Lipinski definition) is 3. The molecule has 72 valence electrons. The second-order valence-corrected chi connectivity index (χ2v) is 5.89. The third-order valence-corrected chi connectivity index (χ3v) is 4.96. The molecule has 1 aliphatic rings. The van der Waals surface area contributed by atoms with Crippen molar-refractivity contribution in [1.82, 2.24) is 0 Å². The Hall–Kier alpha value is -0.450. The number of thiocarbonyl (C=S) groups is 1. The third kappa shape index (κ3) is 1.97. The molecule has 0 bridgehead atoms. The molecule has 0 aromatic heterocycles. The lowest BCUT2D eigenvalue weighted by molar-refractivity contribution is 1.41. The van der Waals surface area contributed by atoms with E-state index in [1.165, 1.54) is 4.90 Å². The number of nitrogens with zero attached hydrogens (tertiary/aromatic N) is 1. The van der Waals surface area contributed by atoms with Crippen molar-refractivity contribution < 1.29 is 0 Å². The highest BCUT2D eigenvalue weighted by Gasteiger charge is 2.09. The summed E-state index contributed by atoms with van der Waals surface area (Å²) in [5.74, 6) is 0. The third-order valence-electron chi connectivity index (χ3n) is 1.85. The fourth-order valence-corrected chi connectivity index (χ4v) is 3.52. The highest BCUT2D eigenvalue weighted by molar-refractivity contribution is 8.33. The molecule has 0 amide bonds. The van der Waals surface area contributed by atoms with Crippen molar-refractivity contribution in [2.45, 2.75) is 4.90 Å². The number of rotatable bonds is 1. The molecule has 0 radical (unpaired) electrons. The monoisotopic (exact) mass is 239 g/mol. The molecule has 0 aliphatic carbocycles. The first-order valence-corrected chi connectivity index (χ1v) is 7.07. The fourth-order valence-electron chi connectivity index (χ4n) is 1.18. The summed E-state index contributed by atoms with van der Waals surface area (Å²) in [6.07, 6.45) is 2.00. The molecule has 1 aliphatic heterocycles. The van der Waals surface area contributed by atoms with Crippen molar-refractivity contribution in [2.75, 3.05) is 6.26 Å². The lowest BCUT2D eigenvalue weighted by Crippen LogP contribution is -1.87. The minimum Gasteiger partial charge on any atom is -0.249 e. The van der Waals surface area contributed by atoms with Gasteiger partial charge in [0, 0.05) is 4.90 Å². The van der Waals surface area contributed by atoms with Crippen LogP contribution in [0.5, 0.6) is 0 Å². The molecule has 1 heterocycles. The Kier molecular flexibility index (Phi) is 3.15. The van der Waals surface area contributed by atoms with Gasteiger partial charge in [-0.05, 0) is 23.8 Å². The van der Waals surface area contributed by atoms with Crippen molar-refractivity contribution >= 4 is 55.3 Å². The number of para-hydroxylation sites is 1. The molecule has 2 rings (SSSR count). The molecule has 1 aromatic rings. The average molecular weight is 239 g/mol. The number of thioether (sulfide) groups is 1. The van der Waals surface area contributed by atoms with Crippen LogP contribution in [0.15, 0.2) is 34.2 Å². The highest BCUT2D eigenvalue weighted by atomic mass is 32.2. The number of benzene rings is 1. The Bertz CT molecular complexity index is 435. The number of aliphatic imine (C=N–C) groups is 1. The van der Waals surface area contributed by atoms with Crippen LogP contribution >= 0.6 is 34.5 Å². The zero-order valence-electron chi connectivity index (χ0n) is 7.64. The van der Waals surface area contributed by atoms with Gasteiger partial charge in [0.15, 0.2) is 0 Å². The minimum absolute atomic E-state index is 0.0109. The first kappa shape index (κ1) is 10.1. The SMILES string of the molecule is CSC(=S)C=S1C=Nc2ccccc21. The smallest absolute Gasteiger partial charge is 0.0770 e. The van der Waals surface area contributed by atoms with E-state index in [2.05, 4.69) is 16.4 Å². The molecule has 14 heavy (non-hydrogen) atoms. The second-order valence-electron chi connectivity index (χ2n) is 2.72. The summed E-state index contributed by atoms with van der Waals surface area (Å²) in [5, 5.41) is 2.11. The van der Waals surface area contributed by atoms with E-state index in [1.807, 2.05) is 30.0 Å². The van der Waals surface area contributed by atoms with Gasteiger partial charge in [-0.3, -0.25) is 0 Å². The van der Waals surface area contributed by atoms with Gasteiger partial charge in [-0.1, -0.05) is 24.4 Å². The van der Waals surface area contributed by atoms with Crippen molar-refractivity contribution in [3.63, 3.8) is 0 Å². The van der Waals surface area contributed by atoms with Crippen LogP contribution in [-0.2, 0) is 0 Å². The van der Waals surface area contributed by atoms with Crippen LogP contribution in [0.3, 0.4) is 0 Å². The summed E-state index contributed by atoms with van der Waals surface area (Å²) in [6, 6.07) is 8.21. The molecule has 1 atom stereocenters. The molecule has 1 aromatic carbocycles. The molecule has 4 heteroatoms. The van der Waals surface area contributed by atoms with Gasteiger partial charge in [0.25, 0.3) is 0 Å². The molecule has 0 fully saturated rings. The Balaban J connectivity index is 2.40. The summed E-state index contributed by atoms with van der Waals surface area (Å²) in [7, 11) is -0.0109. The standard InChI is InChI=1S/C10H9NS3/c1-13-10(12)6-14-7-11-8-4-2-3-5-9(8)14/h2-7H,1H3. The van der Waals surface area contributed by atoms with Gasteiger partial charge in [0.2, 0.25) is 0 Å². The normalized spacial score (nSPS) is 18.5. The van der Waals surface area contributed by atoms with Gasteiger partial charge < -0.3 is 0 Å². The topological polar surface area (TPSA) is 12.4 Å². The van der Waals surface area contributed by atoms with E-state index in [9.17, 15) is 0 Å². The molecule has 1 nitrogen and oxygen atoms in total. The molecular weight excluding hydrogens is 230 g/mol. The number of hydrogen-bond donors (Lipinski definition) is 0. The van der Waals surface area contributed by atoms with Crippen LogP contribution in [0.2, 0.25) is 0 Å². The van der Waals surface area contributed by atoms with Gasteiger partial charge >= 0.3 is 0 Å². The number of fused-ring (bicyclic) bond motifs is 1. The van der Waals surface area contributed by atoms with Crippen molar-refractivity contribution in [3.8, 4) is 0 Å². The largest absolute Gasteiger partial charge is 0.249 e. The van der Waals surface area contributed by atoms with Crippen molar-refractivity contribution in [1.29, 1.82) is 0 Å². The van der Waals surface area contributed by atoms with Gasteiger partial charge in [-0.25, -0.2) is 4.99 Å². The summed E-state index contributed by atoms with van der Waals surface area (Å²) in [6.45, 7) is 0. The lowest BCUT2D eigenvalue weighted by Gasteiger charge is -1.99.